The van der Waals surface area contributed by atoms with E-state index in [9.17, 15) is 4.79 Å². The van der Waals surface area contributed by atoms with Gasteiger partial charge in [-0.05, 0) is 19.4 Å². The maximum atomic E-state index is 11.1. The molecule has 1 heterocycles. The summed E-state index contributed by atoms with van der Waals surface area (Å²) in [6, 6.07) is 8.01. The van der Waals surface area contributed by atoms with Crippen molar-refractivity contribution in [2.24, 2.45) is 0 Å². The molecule has 1 fully saturated rings. The fourth-order valence-electron chi connectivity index (χ4n) is 1.90. The van der Waals surface area contributed by atoms with E-state index in [-0.39, 0.29) is 11.9 Å². The monoisotopic (exact) mass is 205 g/mol. The van der Waals surface area contributed by atoms with Crippen LogP contribution in [0.15, 0.2) is 24.3 Å². The van der Waals surface area contributed by atoms with E-state index in [0.717, 1.165) is 17.7 Å². The minimum absolute atomic E-state index is 0.125. The van der Waals surface area contributed by atoms with Gasteiger partial charge in [-0.3, -0.25) is 4.79 Å². The van der Waals surface area contributed by atoms with Gasteiger partial charge in [-0.1, -0.05) is 18.2 Å². The Kier molecular flexibility index (Phi) is 2.90. The molecule has 1 aliphatic heterocycles. The second kappa shape index (κ2) is 4.34. The van der Waals surface area contributed by atoms with Gasteiger partial charge in [-0.15, -0.1) is 0 Å². The van der Waals surface area contributed by atoms with Crippen molar-refractivity contribution >= 4 is 5.91 Å². The van der Waals surface area contributed by atoms with Gasteiger partial charge in [0.05, 0.1) is 12.6 Å². The van der Waals surface area contributed by atoms with Crippen LogP contribution in [0.2, 0.25) is 0 Å². The quantitative estimate of drug-likeness (QED) is 0.820. The summed E-state index contributed by atoms with van der Waals surface area (Å²) in [5.74, 6) is 1.01. The van der Waals surface area contributed by atoms with Gasteiger partial charge in [0.2, 0.25) is 5.91 Å². The smallest absolute Gasteiger partial charge is 0.220 e. The molecule has 1 atom stereocenters. The molecule has 0 radical (unpaired) electrons. The maximum absolute atomic E-state index is 11.1. The van der Waals surface area contributed by atoms with Gasteiger partial charge in [0.15, 0.2) is 0 Å². The number of hydrogen-bond donors (Lipinski definition) is 1. The Balaban J connectivity index is 2.22. The predicted molar refractivity (Wildman–Crippen MR) is 57.7 cm³/mol. The predicted octanol–water partition coefficient (Wildman–Crippen LogP) is 2.04. The lowest BCUT2D eigenvalue weighted by atomic mass is 10.0. The molecule has 3 heteroatoms. The fraction of sp³-hybridized carbons (Fsp3) is 0.417. The highest BCUT2D eigenvalue weighted by Gasteiger charge is 2.24. The fourth-order valence-corrected chi connectivity index (χ4v) is 1.90. The van der Waals surface area contributed by atoms with Crippen LogP contribution in [-0.4, -0.2) is 12.5 Å². The lowest BCUT2D eigenvalue weighted by Crippen LogP contribution is -2.18. The van der Waals surface area contributed by atoms with Crippen LogP contribution in [0.25, 0.3) is 0 Å². The molecule has 3 nitrogen and oxygen atoms in total. The van der Waals surface area contributed by atoms with Crippen LogP contribution in [0.4, 0.5) is 0 Å². The summed E-state index contributed by atoms with van der Waals surface area (Å²) in [5, 5.41) is 2.95. The SMILES string of the molecule is CCOc1ccccc1C1CCC(=O)N1. The van der Waals surface area contributed by atoms with E-state index in [1.165, 1.54) is 0 Å². The molecule has 1 amide bonds. The molecule has 1 N–H and O–H groups in total. The van der Waals surface area contributed by atoms with Crippen LogP contribution in [0.3, 0.4) is 0 Å². The van der Waals surface area contributed by atoms with E-state index in [2.05, 4.69) is 5.32 Å². The number of nitrogens with one attached hydrogen (secondary N) is 1. The molecular weight excluding hydrogens is 190 g/mol. The van der Waals surface area contributed by atoms with Crippen molar-refractivity contribution in [3.8, 4) is 5.75 Å². The van der Waals surface area contributed by atoms with E-state index in [4.69, 9.17) is 4.74 Å². The Morgan fingerprint density at radius 1 is 1.47 bits per heavy atom. The van der Waals surface area contributed by atoms with Crippen LogP contribution in [0.1, 0.15) is 31.4 Å². The van der Waals surface area contributed by atoms with Crippen molar-refractivity contribution in [2.75, 3.05) is 6.61 Å². The minimum Gasteiger partial charge on any atom is -0.494 e. The molecule has 0 spiro atoms. The van der Waals surface area contributed by atoms with Gasteiger partial charge < -0.3 is 10.1 Å². The standard InChI is InChI=1S/C12H15NO2/c1-2-15-11-6-4-3-5-9(11)10-7-8-12(14)13-10/h3-6,10H,2,7-8H2,1H3,(H,13,14). The number of rotatable bonds is 3. The maximum Gasteiger partial charge on any atom is 0.220 e. The first-order chi connectivity index (χ1) is 7.31. The van der Waals surface area contributed by atoms with Crippen molar-refractivity contribution in [1.29, 1.82) is 0 Å². The third kappa shape index (κ3) is 2.12. The molecule has 0 saturated carbocycles. The molecule has 1 unspecified atom stereocenters. The number of carbonyl (C=O) groups is 1. The van der Waals surface area contributed by atoms with Crippen LogP contribution in [0.5, 0.6) is 5.75 Å². The molecule has 2 rings (SSSR count). The van der Waals surface area contributed by atoms with Gasteiger partial charge in [0, 0.05) is 12.0 Å². The molecule has 15 heavy (non-hydrogen) atoms. The Hall–Kier alpha value is -1.51. The summed E-state index contributed by atoms with van der Waals surface area (Å²) in [5.41, 5.74) is 1.09. The summed E-state index contributed by atoms with van der Waals surface area (Å²) < 4.78 is 5.53. The van der Waals surface area contributed by atoms with E-state index >= 15 is 0 Å². The molecule has 1 aliphatic rings. The van der Waals surface area contributed by atoms with Gasteiger partial charge >= 0.3 is 0 Å². The van der Waals surface area contributed by atoms with E-state index in [0.29, 0.717) is 13.0 Å². The zero-order valence-electron chi connectivity index (χ0n) is 8.82. The molecule has 80 valence electrons. The number of ether oxygens (including phenoxy) is 1. The Labute approximate surface area is 89.4 Å². The summed E-state index contributed by atoms with van der Waals surface area (Å²) in [4.78, 5) is 11.1. The van der Waals surface area contributed by atoms with E-state index in [1.54, 1.807) is 0 Å². The van der Waals surface area contributed by atoms with Gasteiger partial charge in [-0.2, -0.15) is 0 Å². The summed E-state index contributed by atoms with van der Waals surface area (Å²) in [6.45, 7) is 2.61. The molecular formula is C12H15NO2. The summed E-state index contributed by atoms with van der Waals surface area (Å²) in [6.07, 6.45) is 1.48. The average molecular weight is 205 g/mol. The molecule has 1 saturated heterocycles. The van der Waals surface area contributed by atoms with Gasteiger partial charge in [0.1, 0.15) is 5.75 Å². The van der Waals surface area contributed by atoms with Crippen molar-refractivity contribution in [3.63, 3.8) is 0 Å². The normalized spacial score (nSPS) is 20.1. The Bertz CT molecular complexity index is 362. The minimum atomic E-state index is 0.125. The zero-order chi connectivity index (χ0) is 10.7. The van der Waals surface area contributed by atoms with E-state index in [1.807, 2.05) is 31.2 Å². The van der Waals surface area contributed by atoms with Gasteiger partial charge in [0.25, 0.3) is 0 Å². The molecule has 1 aromatic carbocycles. The van der Waals surface area contributed by atoms with Gasteiger partial charge in [-0.25, -0.2) is 0 Å². The topological polar surface area (TPSA) is 38.3 Å². The Morgan fingerprint density at radius 3 is 2.93 bits per heavy atom. The van der Waals surface area contributed by atoms with Crippen molar-refractivity contribution in [3.05, 3.63) is 29.8 Å². The molecule has 0 aromatic heterocycles. The first-order valence-corrected chi connectivity index (χ1v) is 5.32. The Morgan fingerprint density at radius 2 is 2.27 bits per heavy atom. The second-order valence-corrected chi connectivity index (χ2v) is 3.63. The van der Waals surface area contributed by atoms with E-state index < -0.39 is 0 Å². The third-order valence-corrected chi connectivity index (χ3v) is 2.59. The van der Waals surface area contributed by atoms with Crippen molar-refractivity contribution < 1.29 is 9.53 Å². The van der Waals surface area contributed by atoms with Crippen LogP contribution in [0, 0.1) is 0 Å². The zero-order valence-corrected chi connectivity index (χ0v) is 8.82. The van der Waals surface area contributed by atoms with Crippen molar-refractivity contribution in [1.82, 2.24) is 5.32 Å². The molecule has 0 aliphatic carbocycles. The second-order valence-electron chi connectivity index (χ2n) is 3.63. The first kappa shape index (κ1) is 10.0. The number of benzene rings is 1. The number of amides is 1. The van der Waals surface area contributed by atoms with Crippen LogP contribution >= 0.6 is 0 Å². The highest BCUT2D eigenvalue weighted by molar-refractivity contribution is 5.78. The highest BCUT2D eigenvalue weighted by atomic mass is 16.5. The van der Waals surface area contributed by atoms with Crippen LogP contribution < -0.4 is 10.1 Å². The number of para-hydroxylation sites is 1. The van der Waals surface area contributed by atoms with Crippen LogP contribution in [-0.2, 0) is 4.79 Å². The highest BCUT2D eigenvalue weighted by Crippen LogP contribution is 2.30. The number of hydrogen-bond acceptors (Lipinski definition) is 2. The van der Waals surface area contributed by atoms with Crippen molar-refractivity contribution in [2.45, 2.75) is 25.8 Å². The summed E-state index contributed by atoms with van der Waals surface area (Å²) >= 11 is 0. The lowest BCUT2D eigenvalue weighted by Gasteiger charge is -2.15. The molecule has 0 bridgehead atoms. The summed E-state index contributed by atoms with van der Waals surface area (Å²) in [7, 11) is 0. The molecule has 1 aromatic rings. The lowest BCUT2D eigenvalue weighted by molar-refractivity contribution is -0.119. The number of carbonyl (C=O) groups excluding carboxylic acids is 1. The third-order valence-electron chi connectivity index (χ3n) is 2.59. The first-order valence-electron chi connectivity index (χ1n) is 5.32. The largest absolute Gasteiger partial charge is 0.494 e. The average Bonchev–Trinajstić information content (AvgIpc) is 2.66.